The number of carbonyl (C=O) groups excluding carboxylic acids is 1. The van der Waals surface area contributed by atoms with Crippen molar-refractivity contribution in [2.75, 3.05) is 31.1 Å². The molecule has 1 aliphatic rings. The van der Waals surface area contributed by atoms with Crippen LogP contribution in [0.25, 0.3) is 10.1 Å². The highest BCUT2D eigenvalue weighted by atomic mass is 32.1. The average molecular weight is 355 g/mol. The molecule has 0 unspecified atom stereocenters. The lowest BCUT2D eigenvalue weighted by Gasteiger charge is -2.35. The summed E-state index contributed by atoms with van der Waals surface area (Å²) in [6, 6.07) is 15.8. The summed E-state index contributed by atoms with van der Waals surface area (Å²) in [6.45, 7) is 3.00. The number of thiol groups is 1. The molecular formula is C18H17N3OS2. The zero-order valence-corrected chi connectivity index (χ0v) is 14.8. The maximum Gasteiger partial charge on any atom is 0.255 e. The Bertz CT molecular complexity index is 885. The van der Waals surface area contributed by atoms with E-state index in [9.17, 15) is 4.79 Å². The average Bonchev–Trinajstić information content (AvgIpc) is 3.06. The highest BCUT2D eigenvalue weighted by Gasteiger charge is 2.25. The maximum absolute atomic E-state index is 12.7. The monoisotopic (exact) mass is 355 g/mol. The molecule has 24 heavy (non-hydrogen) atoms. The SMILES string of the molecule is O=C(c1ccccc1S)N1CCN(c2nsc3ccccc23)CC1. The zero-order valence-electron chi connectivity index (χ0n) is 13.1. The zero-order chi connectivity index (χ0) is 16.5. The van der Waals surface area contributed by atoms with Crippen LogP contribution in [0.4, 0.5) is 5.82 Å². The molecule has 2 aromatic carbocycles. The number of fused-ring (bicyclic) bond motifs is 1. The fourth-order valence-corrected chi connectivity index (χ4v) is 4.10. The number of nitrogens with zero attached hydrogens (tertiary/aromatic N) is 3. The molecule has 4 nitrogen and oxygen atoms in total. The number of rotatable bonds is 2. The van der Waals surface area contributed by atoms with Crippen molar-refractivity contribution in [2.45, 2.75) is 4.90 Å². The van der Waals surface area contributed by atoms with Crippen LogP contribution in [0.1, 0.15) is 10.4 Å². The van der Waals surface area contributed by atoms with E-state index >= 15 is 0 Å². The normalized spacial score (nSPS) is 15.0. The van der Waals surface area contributed by atoms with Crippen LogP contribution in [0.5, 0.6) is 0 Å². The van der Waals surface area contributed by atoms with Gasteiger partial charge in [0.25, 0.3) is 5.91 Å². The van der Waals surface area contributed by atoms with Gasteiger partial charge in [-0.05, 0) is 35.8 Å². The van der Waals surface area contributed by atoms with E-state index in [2.05, 4.69) is 34.0 Å². The second kappa shape index (κ2) is 6.45. The lowest BCUT2D eigenvalue weighted by atomic mass is 10.1. The van der Waals surface area contributed by atoms with Gasteiger partial charge in [0.15, 0.2) is 0 Å². The molecule has 0 bridgehead atoms. The summed E-state index contributed by atoms with van der Waals surface area (Å²) in [7, 11) is 0. The Morgan fingerprint density at radius 2 is 1.71 bits per heavy atom. The third kappa shape index (κ3) is 2.76. The molecule has 122 valence electrons. The summed E-state index contributed by atoms with van der Waals surface area (Å²) in [5.41, 5.74) is 0.674. The quantitative estimate of drug-likeness (QED) is 0.714. The molecule has 1 amide bonds. The van der Waals surface area contributed by atoms with Crippen LogP contribution in [-0.2, 0) is 0 Å². The summed E-state index contributed by atoms with van der Waals surface area (Å²) in [4.78, 5) is 17.6. The van der Waals surface area contributed by atoms with Crippen molar-refractivity contribution in [1.82, 2.24) is 9.27 Å². The number of anilines is 1. The van der Waals surface area contributed by atoms with Crippen LogP contribution in [0.3, 0.4) is 0 Å². The molecule has 0 spiro atoms. The number of hydrogen-bond acceptors (Lipinski definition) is 5. The first-order valence-corrected chi connectivity index (χ1v) is 9.13. The van der Waals surface area contributed by atoms with E-state index in [0.717, 1.165) is 23.8 Å². The van der Waals surface area contributed by atoms with Crippen molar-refractivity contribution in [1.29, 1.82) is 0 Å². The first-order chi connectivity index (χ1) is 11.7. The van der Waals surface area contributed by atoms with E-state index < -0.39 is 0 Å². The third-order valence-electron chi connectivity index (χ3n) is 4.36. The molecule has 6 heteroatoms. The largest absolute Gasteiger partial charge is 0.352 e. The van der Waals surface area contributed by atoms with Crippen LogP contribution < -0.4 is 4.90 Å². The third-order valence-corrected chi connectivity index (χ3v) is 5.57. The van der Waals surface area contributed by atoms with Crippen LogP contribution in [-0.4, -0.2) is 41.4 Å². The van der Waals surface area contributed by atoms with Gasteiger partial charge in [-0.3, -0.25) is 4.79 Å². The first-order valence-electron chi connectivity index (χ1n) is 7.90. The van der Waals surface area contributed by atoms with Gasteiger partial charge in [-0.15, -0.1) is 12.6 Å². The Morgan fingerprint density at radius 1 is 1.00 bits per heavy atom. The Morgan fingerprint density at radius 3 is 2.50 bits per heavy atom. The molecule has 3 aromatic rings. The highest BCUT2D eigenvalue weighted by molar-refractivity contribution is 7.80. The van der Waals surface area contributed by atoms with Crippen molar-refractivity contribution in [3.63, 3.8) is 0 Å². The number of hydrogen-bond donors (Lipinski definition) is 1. The fourth-order valence-electron chi connectivity index (χ4n) is 3.05. The number of piperazine rings is 1. The number of amides is 1. The van der Waals surface area contributed by atoms with E-state index in [1.807, 2.05) is 41.3 Å². The lowest BCUT2D eigenvalue weighted by molar-refractivity contribution is 0.0743. The predicted octanol–water partition coefficient (Wildman–Crippen LogP) is 3.55. The molecule has 1 fully saturated rings. The topological polar surface area (TPSA) is 36.4 Å². The summed E-state index contributed by atoms with van der Waals surface area (Å²) >= 11 is 5.93. The van der Waals surface area contributed by atoms with Gasteiger partial charge in [0, 0.05) is 36.5 Å². The highest BCUT2D eigenvalue weighted by Crippen LogP contribution is 2.30. The molecule has 1 aliphatic heterocycles. The molecule has 4 rings (SSSR count). The van der Waals surface area contributed by atoms with Crippen LogP contribution in [0.2, 0.25) is 0 Å². The van der Waals surface area contributed by atoms with Crippen molar-refractivity contribution >= 4 is 46.0 Å². The van der Waals surface area contributed by atoms with E-state index in [4.69, 9.17) is 0 Å². The van der Waals surface area contributed by atoms with Gasteiger partial charge in [0.05, 0.1) is 10.3 Å². The van der Waals surface area contributed by atoms with Crippen molar-refractivity contribution in [3.05, 3.63) is 54.1 Å². The number of aromatic nitrogens is 1. The minimum atomic E-state index is 0.0587. The minimum Gasteiger partial charge on any atom is -0.352 e. The maximum atomic E-state index is 12.7. The van der Waals surface area contributed by atoms with Gasteiger partial charge in [-0.25, -0.2) is 0 Å². The van der Waals surface area contributed by atoms with E-state index in [1.165, 1.54) is 21.6 Å². The van der Waals surface area contributed by atoms with E-state index in [0.29, 0.717) is 18.7 Å². The smallest absolute Gasteiger partial charge is 0.255 e. The molecule has 0 radical (unpaired) electrons. The molecule has 2 heterocycles. The number of benzene rings is 2. The summed E-state index contributed by atoms with van der Waals surface area (Å²) in [6.07, 6.45) is 0. The van der Waals surface area contributed by atoms with Crippen molar-refractivity contribution < 1.29 is 4.79 Å². The molecular weight excluding hydrogens is 338 g/mol. The number of carbonyl (C=O) groups is 1. The van der Waals surface area contributed by atoms with Gasteiger partial charge in [-0.1, -0.05) is 24.3 Å². The lowest BCUT2D eigenvalue weighted by Crippen LogP contribution is -2.49. The summed E-state index contributed by atoms with van der Waals surface area (Å²) in [5, 5.41) is 1.20. The van der Waals surface area contributed by atoms with Crippen LogP contribution in [0, 0.1) is 0 Å². The van der Waals surface area contributed by atoms with Gasteiger partial charge in [0.1, 0.15) is 5.82 Å². The Labute approximate surface area is 150 Å². The molecule has 0 N–H and O–H groups in total. The molecule has 1 saturated heterocycles. The Balaban J connectivity index is 1.49. The summed E-state index contributed by atoms with van der Waals surface area (Å²) < 4.78 is 5.82. The molecule has 0 aliphatic carbocycles. The van der Waals surface area contributed by atoms with Crippen molar-refractivity contribution in [3.8, 4) is 0 Å². The van der Waals surface area contributed by atoms with Gasteiger partial charge < -0.3 is 9.80 Å². The van der Waals surface area contributed by atoms with Gasteiger partial charge in [-0.2, -0.15) is 4.37 Å². The van der Waals surface area contributed by atoms with Crippen molar-refractivity contribution in [2.24, 2.45) is 0 Å². The first kappa shape index (κ1) is 15.5. The van der Waals surface area contributed by atoms with Crippen LogP contribution >= 0.6 is 24.2 Å². The van der Waals surface area contributed by atoms with Gasteiger partial charge >= 0.3 is 0 Å². The Hall–Kier alpha value is -2.05. The second-order valence-corrected chi connectivity index (χ2v) is 7.09. The molecule has 1 aromatic heterocycles. The fraction of sp³-hybridized carbons (Fsp3) is 0.222. The van der Waals surface area contributed by atoms with Crippen LogP contribution in [0.15, 0.2) is 53.4 Å². The van der Waals surface area contributed by atoms with E-state index in [-0.39, 0.29) is 5.91 Å². The molecule has 0 atom stereocenters. The standard InChI is InChI=1S/C18H17N3OS2/c22-18(13-5-1-3-7-15(13)23)21-11-9-20(10-12-21)17-14-6-2-4-8-16(14)24-19-17/h1-8,23H,9-12H2. The van der Waals surface area contributed by atoms with E-state index in [1.54, 1.807) is 0 Å². The van der Waals surface area contributed by atoms with Gasteiger partial charge in [0.2, 0.25) is 0 Å². The predicted molar refractivity (Wildman–Crippen MR) is 101 cm³/mol. The minimum absolute atomic E-state index is 0.0587. The Kier molecular flexibility index (Phi) is 4.16. The molecule has 0 saturated carbocycles. The second-order valence-electron chi connectivity index (χ2n) is 5.80. The summed E-state index contributed by atoms with van der Waals surface area (Å²) in [5.74, 6) is 1.10.